The molecule has 1 atom stereocenters. The highest BCUT2D eigenvalue weighted by atomic mass is 35.5. The lowest BCUT2D eigenvalue weighted by Gasteiger charge is -2.20. The Morgan fingerprint density at radius 1 is 1.20 bits per heavy atom. The molecule has 0 radical (unpaired) electrons. The molecule has 2 nitrogen and oxygen atoms in total. The van der Waals surface area contributed by atoms with Crippen LogP contribution >= 0.6 is 11.6 Å². The lowest BCUT2D eigenvalue weighted by molar-refractivity contribution is 0.573. The fourth-order valence-corrected chi connectivity index (χ4v) is 2.98. The summed E-state index contributed by atoms with van der Waals surface area (Å²) in [7, 11) is 1.95. The van der Waals surface area contributed by atoms with E-state index in [9.17, 15) is 0 Å². The third kappa shape index (κ3) is 3.20. The molecule has 0 saturated carbocycles. The van der Waals surface area contributed by atoms with Crippen LogP contribution in [-0.2, 0) is 6.42 Å². The number of aryl methyl sites for hydroxylation is 3. The van der Waals surface area contributed by atoms with Crippen molar-refractivity contribution in [2.75, 3.05) is 7.05 Å². The van der Waals surface area contributed by atoms with Gasteiger partial charge in [0.05, 0.1) is 16.8 Å². The van der Waals surface area contributed by atoms with Gasteiger partial charge in [0.15, 0.2) is 0 Å². The summed E-state index contributed by atoms with van der Waals surface area (Å²) in [5, 5.41) is 4.05. The number of likely N-dealkylation sites (N-methyl/N-ethyl adjacent to an activating group) is 1. The Hall–Kier alpha value is -1.38. The van der Waals surface area contributed by atoms with Gasteiger partial charge >= 0.3 is 0 Å². The fraction of sp³-hybridized carbons (Fsp3) is 0.353. The molecule has 1 unspecified atom stereocenters. The van der Waals surface area contributed by atoms with E-state index in [1.54, 1.807) is 6.20 Å². The van der Waals surface area contributed by atoms with E-state index in [4.69, 9.17) is 11.6 Å². The van der Waals surface area contributed by atoms with Crippen LogP contribution in [0.4, 0.5) is 0 Å². The van der Waals surface area contributed by atoms with Crippen molar-refractivity contribution >= 4 is 11.6 Å². The van der Waals surface area contributed by atoms with Gasteiger partial charge in [-0.3, -0.25) is 4.98 Å². The minimum atomic E-state index is 0.129. The number of hydrogen-bond donors (Lipinski definition) is 1. The molecule has 0 aliphatic carbocycles. The van der Waals surface area contributed by atoms with E-state index in [0.29, 0.717) is 5.02 Å². The van der Waals surface area contributed by atoms with Crippen LogP contribution in [0, 0.1) is 20.8 Å². The van der Waals surface area contributed by atoms with Crippen molar-refractivity contribution in [2.24, 2.45) is 0 Å². The molecule has 1 N–H and O–H groups in total. The summed E-state index contributed by atoms with van der Waals surface area (Å²) in [5.74, 6) is 0. The molecule has 0 bridgehead atoms. The van der Waals surface area contributed by atoms with E-state index in [-0.39, 0.29) is 6.04 Å². The first-order valence-corrected chi connectivity index (χ1v) is 7.25. The minimum Gasteiger partial charge on any atom is -0.311 e. The second-order valence-corrected chi connectivity index (χ2v) is 5.70. The number of benzene rings is 1. The predicted molar refractivity (Wildman–Crippen MR) is 85.4 cm³/mol. The van der Waals surface area contributed by atoms with Crippen molar-refractivity contribution in [3.05, 3.63) is 63.4 Å². The topological polar surface area (TPSA) is 24.9 Å². The second kappa shape index (κ2) is 6.38. The molecule has 1 aromatic heterocycles. The summed E-state index contributed by atoms with van der Waals surface area (Å²) < 4.78 is 0. The Morgan fingerprint density at radius 3 is 2.40 bits per heavy atom. The maximum atomic E-state index is 6.27. The van der Waals surface area contributed by atoms with Crippen molar-refractivity contribution < 1.29 is 0 Å². The van der Waals surface area contributed by atoms with Crippen LogP contribution < -0.4 is 5.32 Å². The SMILES string of the molecule is CNC(Cc1c(C)cc(C)cc1C)c1ncccc1Cl. The Kier molecular flexibility index (Phi) is 4.79. The van der Waals surface area contributed by atoms with Gasteiger partial charge in [-0.1, -0.05) is 29.3 Å². The Balaban J connectivity index is 2.35. The van der Waals surface area contributed by atoms with Crippen LogP contribution in [0.15, 0.2) is 30.5 Å². The van der Waals surface area contributed by atoms with Gasteiger partial charge in [-0.2, -0.15) is 0 Å². The van der Waals surface area contributed by atoms with E-state index in [1.165, 1.54) is 22.3 Å². The highest BCUT2D eigenvalue weighted by molar-refractivity contribution is 6.31. The van der Waals surface area contributed by atoms with Crippen molar-refractivity contribution in [3.8, 4) is 0 Å². The van der Waals surface area contributed by atoms with Gasteiger partial charge in [-0.15, -0.1) is 0 Å². The zero-order valence-electron chi connectivity index (χ0n) is 12.5. The van der Waals surface area contributed by atoms with Crippen LogP contribution in [0.25, 0.3) is 0 Å². The highest BCUT2D eigenvalue weighted by Crippen LogP contribution is 2.26. The number of nitrogens with one attached hydrogen (secondary N) is 1. The van der Waals surface area contributed by atoms with Crippen molar-refractivity contribution in [1.82, 2.24) is 10.3 Å². The monoisotopic (exact) mass is 288 g/mol. The molecule has 0 aliphatic heterocycles. The van der Waals surface area contributed by atoms with E-state index < -0.39 is 0 Å². The van der Waals surface area contributed by atoms with Crippen molar-refractivity contribution in [2.45, 2.75) is 33.2 Å². The first-order valence-electron chi connectivity index (χ1n) is 6.87. The molecule has 1 heterocycles. The van der Waals surface area contributed by atoms with Crippen molar-refractivity contribution in [1.29, 1.82) is 0 Å². The number of rotatable bonds is 4. The van der Waals surface area contributed by atoms with Gasteiger partial charge in [0, 0.05) is 6.20 Å². The highest BCUT2D eigenvalue weighted by Gasteiger charge is 2.17. The quantitative estimate of drug-likeness (QED) is 0.913. The summed E-state index contributed by atoms with van der Waals surface area (Å²) in [6.45, 7) is 6.47. The van der Waals surface area contributed by atoms with E-state index in [2.05, 4.69) is 43.2 Å². The summed E-state index contributed by atoms with van der Waals surface area (Å²) in [4.78, 5) is 4.43. The molecule has 20 heavy (non-hydrogen) atoms. The van der Waals surface area contributed by atoms with Gasteiger partial charge in [0.2, 0.25) is 0 Å². The third-order valence-electron chi connectivity index (χ3n) is 3.71. The largest absolute Gasteiger partial charge is 0.311 e. The van der Waals surface area contributed by atoms with Gasteiger partial charge in [-0.25, -0.2) is 0 Å². The average Bonchev–Trinajstić information content (AvgIpc) is 2.39. The molecule has 0 saturated heterocycles. The normalized spacial score (nSPS) is 12.4. The molecular formula is C17H21ClN2. The van der Waals surface area contributed by atoms with Gasteiger partial charge in [0.1, 0.15) is 0 Å². The Bertz CT molecular complexity index is 585. The molecule has 3 heteroatoms. The molecule has 0 spiro atoms. The third-order valence-corrected chi connectivity index (χ3v) is 4.03. The second-order valence-electron chi connectivity index (χ2n) is 5.29. The number of nitrogens with zero attached hydrogens (tertiary/aromatic N) is 1. The molecule has 0 fully saturated rings. The molecule has 0 aliphatic rings. The van der Waals surface area contributed by atoms with Crippen LogP contribution in [0.2, 0.25) is 5.02 Å². The van der Waals surface area contributed by atoms with Crippen LogP contribution in [0.3, 0.4) is 0 Å². The van der Waals surface area contributed by atoms with Gasteiger partial charge < -0.3 is 5.32 Å². The molecule has 106 valence electrons. The lowest BCUT2D eigenvalue weighted by atomic mass is 9.93. The number of aromatic nitrogens is 1. The van der Waals surface area contributed by atoms with Crippen LogP contribution in [0.1, 0.15) is 34.0 Å². The zero-order valence-corrected chi connectivity index (χ0v) is 13.3. The molecular weight excluding hydrogens is 268 g/mol. The van der Waals surface area contributed by atoms with Gasteiger partial charge in [-0.05, 0) is 63.1 Å². The van der Waals surface area contributed by atoms with Crippen LogP contribution in [-0.4, -0.2) is 12.0 Å². The summed E-state index contributed by atoms with van der Waals surface area (Å²) in [6.07, 6.45) is 2.69. The number of pyridine rings is 1. The summed E-state index contributed by atoms with van der Waals surface area (Å²) >= 11 is 6.27. The predicted octanol–water partition coefficient (Wildman–Crippen LogP) is 4.16. The van der Waals surface area contributed by atoms with Crippen LogP contribution in [0.5, 0.6) is 0 Å². The lowest BCUT2D eigenvalue weighted by Crippen LogP contribution is -2.21. The first-order chi connectivity index (χ1) is 9.52. The first kappa shape index (κ1) is 15.0. The number of hydrogen-bond acceptors (Lipinski definition) is 2. The number of halogens is 1. The maximum absolute atomic E-state index is 6.27. The molecule has 2 rings (SSSR count). The molecule has 1 aromatic carbocycles. The Morgan fingerprint density at radius 2 is 1.85 bits per heavy atom. The smallest absolute Gasteiger partial charge is 0.0762 e. The summed E-state index contributed by atoms with van der Waals surface area (Å²) in [5.41, 5.74) is 6.25. The molecule has 0 amide bonds. The van der Waals surface area contributed by atoms with Crippen molar-refractivity contribution in [3.63, 3.8) is 0 Å². The van der Waals surface area contributed by atoms with Gasteiger partial charge in [0.25, 0.3) is 0 Å². The maximum Gasteiger partial charge on any atom is 0.0762 e. The van der Waals surface area contributed by atoms with E-state index in [0.717, 1.165) is 12.1 Å². The zero-order chi connectivity index (χ0) is 14.7. The minimum absolute atomic E-state index is 0.129. The Labute approximate surface area is 126 Å². The molecule has 2 aromatic rings. The van der Waals surface area contributed by atoms with E-state index in [1.807, 2.05) is 19.2 Å². The fourth-order valence-electron chi connectivity index (χ4n) is 2.73. The average molecular weight is 289 g/mol. The summed E-state index contributed by atoms with van der Waals surface area (Å²) in [6, 6.07) is 8.34. The standard InChI is InChI=1S/C17H21ClN2/c1-11-8-12(2)14(13(3)9-11)10-16(19-4)17-15(18)6-5-7-20-17/h5-9,16,19H,10H2,1-4H3. The van der Waals surface area contributed by atoms with E-state index >= 15 is 0 Å².